The van der Waals surface area contributed by atoms with Crippen molar-refractivity contribution in [3.8, 4) is 11.8 Å². The lowest BCUT2D eigenvalue weighted by molar-refractivity contribution is 0.0930. The highest BCUT2D eigenvalue weighted by molar-refractivity contribution is 5.95. The van der Waals surface area contributed by atoms with E-state index in [1.165, 1.54) is 5.56 Å². The van der Waals surface area contributed by atoms with Gasteiger partial charge in [0.05, 0.1) is 12.2 Å². The van der Waals surface area contributed by atoms with Gasteiger partial charge in [-0.3, -0.25) is 4.79 Å². The van der Waals surface area contributed by atoms with Gasteiger partial charge >= 0.3 is 0 Å². The fourth-order valence-electron chi connectivity index (χ4n) is 2.25. The van der Waals surface area contributed by atoms with E-state index in [0.717, 1.165) is 12.1 Å². The molecule has 1 heterocycles. The van der Waals surface area contributed by atoms with Gasteiger partial charge in [0, 0.05) is 25.5 Å². The molecule has 0 aliphatic rings. The summed E-state index contributed by atoms with van der Waals surface area (Å²) in [5, 5.41) is 12.0. The number of rotatable bonds is 6. The zero-order valence-corrected chi connectivity index (χ0v) is 12.8. The highest BCUT2D eigenvalue weighted by atomic mass is 16.5. The van der Waals surface area contributed by atoms with Crippen LogP contribution in [0.4, 0.5) is 0 Å². The van der Waals surface area contributed by atoms with Gasteiger partial charge in [-0.25, -0.2) is 0 Å². The molecule has 1 amide bonds. The van der Waals surface area contributed by atoms with Gasteiger partial charge in [-0.05, 0) is 30.2 Å². The molecule has 2 rings (SSSR count). The number of hydrogen-bond acceptors (Lipinski definition) is 3. The molecule has 1 aromatic carbocycles. The molecule has 0 spiro atoms. The predicted molar refractivity (Wildman–Crippen MR) is 84.1 cm³/mol. The number of carbonyl (C=O) groups excluding carboxylic acids is 1. The Morgan fingerprint density at radius 2 is 2.23 bits per heavy atom. The van der Waals surface area contributed by atoms with Crippen LogP contribution in [0.1, 0.15) is 28.5 Å². The maximum Gasteiger partial charge on any atom is 0.269 e. The second kappa shape index (κ2) is 7.43. The summed E-state index contributed by atoms with van der Waals surface area (Å²) >= 11 is 0. The number of methoxy groups -OCH3 is 1. The number of amides is 1. The summed E-state index contributed by atoms with van der Waals surface area (Å²) in [6, 6.07) is 11.7. The number of ether oxygens (including phenoxy) is 1. The van der Waals surface area contributed by atoms with Crippen molar-refractivity contribution in [2.75, 3.05) is 20.3 Å². The Morgan fingerprint density at radius 3 is 2.91 bits per heavy atom. The monoisotopic (exact) mass is 297 g/mol. The smallest absolute Gasteiger partial charge is 0.269 e. The molecule has 22 heavy (non-hydrogen) atoms. The molecule has 0 fully saturated rings. The molecular weight excluding hydrogens is 278 g/mol. The molecule has 114 valence electrons. The Labute approximate surface area is 130 Å². The molecule has 5 nitrogen and oxygen atoms in total. The number of nitriles is 1. The number of benzene rings is 1. The highest BCUT2D eigenvalue weighted by Crippen LogP contribution is 2.18. The lowest BCUT2D eigenvalue weighted by Crippen LogP contribution is -2.29. The molecule has 0 radical (unpaired) electrons. The fourth-order valence-corrected chi connectivity index (χ4v) is 2.25. The van der Waals surface area contributed by atoms with Crippen LogP contribution in [-0.2, 0) is 11.2 Å². The first-order valence-corrected chi connectivity index (χ1v) is 7.19. The number of carbonyl (C=O) groups is 1. The quantitative estimate of drug-likeness (QED) is 0.832. The summed E-state index contributed by atoms with van der Waals surface area (Å²) < 4.78 is 6.67. The normalized spacial score (nSPS) is 10.2. The molecule has 2 aromatic rings. The third kappa shape index (κ3) is 3.35. The Kier molecular flexibility index (Phi) is 5.34. The van der Waals surface area contributed by atoms with E-state index < -0.39 is 0 Å². The maximum absolute atomic E-state index is 12.4. The van der Waals surface area contributed by atoms with Gasteiger partial charge in [-0.2, -0.15) is 5.26 Å². The van der Waals surface area contributed by atoms with Gasteiger partial charge in [0.2, 0.25) is 0 Å². The van der Waals surface area contributed by atoms with E-state index in [-0.39, 0.29) is 5.91 Å². The number of nitrogens with one attached hydrogen (secondary N) is 1. The van der Waals surface area contributed by atoms with Crippen LogP contribution in [0, 0.1) is 11.3 Å². The summed E-state index contributed by atoms with van der Waals surface area (Å²) in [4.78, 5) is 12.4. The van der Waals surface area contributed by atoms with Crippen molar-refractivity contribution in [3.63, 3.8) is 0 Å². The predicted octanol–water partition coefficient (Wildman–Crippen LogP) is 2.29. The highest BCUT2D eigenvalue weighted by Gasteiger charge is 2.18. The van der Waals surface area contributed by atoms with Gasteiger partial charge in [0.1, 0.15) is 11.8 Å². The molecule has 1 N–H and O–H groups in total. The molecule has 0 aliphatic heterocycles. The summed E-state index contributed by atoms with van der Waals surface area (Å²) in [5.41, 5.74) is 2.76. The van der Waals surface area contributed by atoms with E-state index in [2.05, 4.69) is 18.3 Å². The Hall–Kier alpha value is -2.58. The van der Waals surface area contributed by atoms with Crippen LogP contribution < -0.4 is 5.32 Å². The fraction of sp³-hybridized carbons (Fsp3) is 0.294. The minimum atomic E-state index is -0.277. The molecule has 0 atom stereocenters. The second-order valence-corrected chi connectivity index (χ2v) is 4.83. The average molecular weight is 297 g/mol. The van der Waals surface area contributed by atoms with Gasteiger partial charge in [0.15, 0.2) is 0 Å². The van der Waals surface area contributed by atoms with E-state index in [9.17, 15) is 10.1 Å². The van der Waals surface area contributed by atoms with Crippen molar-refractivity contribution in [2.45, 2.75) is 13.3 Å². The summed E-state index contributed by atoms with van der Waals surface area (Å²) in [5.74, 6) is -0.277. The van der Waals surface area contributed by atoms with E-state index in [1.807, 2.05) is 24.3 Å². The number of hydrogen-bond donors (Lipinski definition) is 1. The van der Waals surface area contributed by atoms with Crippen LogP contribution >= 0.6 is 0 Å². The molecule has 5 heteroatoms. The van der Waals surface area contributed by atoms with Crippen molar-refractivity contribution in [1.29, 1.82) is 5.26 Å². The SMILES string of the molecule is CCc1cccc(-n2ccc(C#N)c2C(=O)NCCOC)c1. The van der Waals surface area contributed by atoms with Crippen molar-refractivity contribution < 1.29 is 9.53 Å². The molecular formula is C17H19N3O2. The Morgan fingerprint density at radius 1 is 1.41 bits per heavy atom. The van der Waals surface area contributed by atoms with Crippen LogP contribution in [0.2, 0.25) is 0 Å². The first kappa shape index (κ1) is 15.8. The first-order valence-electron chi connectivity index (χ1n) is 7.19. The Balaban J connectivity index is 2.38. The molecule has 1 aromatic heterocycles. The first-order chi connectivity index (χ1) is 10.7. The van der Waals surface area contributed by atoms with E-state index >= 15 is 0 Å². The van der Waals surface area contributed by atoms with Gasteiger partial charge < -0.3 is 14.6 Å². The topological polar surface area (TPSA) is 67.0 Å². The molecule has 0 saturated heterocycles. The van der Waals surface area contributed by atoms with E-state index in [1.54, 1.807) is 23.9 Å². The number of aromatic nitrogens is 1. The van der Waals surface area contributed by atoms with Crippen LogP contribution in [0.25, 0.3) is 5.69 Å². The molecule has 0 bridgehead atoms. The van der Waals surface area contributed by atoms with Gasteiger partial charge in [-0.1, -0.05) is 19.1 Å². The minimum Gasteiger partial charge on any atom is -0.383 e. The lowest BCUT2D eigenvalue weighted by atomic mass is 10.1. The van der Waals surface area contributed by atoms with Crippen molar-refractivity contribution in [3.05, 3.63) is 53.3 Å². The van der Waals surface area contributed by atoms with Crippen LogP contribution in [0.5, 0.6) is 0 Å². The minimum absolute atomic E-state index is 0.277. The standard InChI is InChI=1S/C17H19N3O2/c1-3-13-5-4-6-15(11-13)20-9-7-14(12-18)16(20)17(21)19-8-10-22-2/h4-7,9,11H,3,8,10H2,1-2H3,(H,19,21). The van der Waals surface area contributed by atoms with Gasteiger partial charge in [-0.15, -0.1) is 0 Å². The lowest BCUT2D eigenvalue weighted by Gasteiger charge is -2.11. The summed E-state index contributed by atoms with van der Waals surface area (Å²) in [7, 11) is 1.58. The van der Waals surface area contributed by atoms with Crippen LogP contribution in [0.15, 0.2) is 36.5 Å². The summed E-state index contributed by atoms with van der Waals surface area (Å²) in [6.45, 7) is 2.91. The average Bonchev–Trinajstić information content (AvgIpc) is 2.99. The summed E-state index contributed by atoms with van der Waals surface area (Å²) in [6.07, 6.45) is 2.66. The van der Waals surface area contributed by atoms with Crippen LogP contribution in [0.3, 0.4) is 0 Å². The van der Waals surface area contributed by atoms with Crippen molar-refractivity contribution in [2.24, 2.45) is 0 Å². The van der Waals surface area contributed by atoms with Crippen molar-refractivity contribution in [1.82, 2.24) is 9.88 Å². The second-order valence-electron chi connectivity index (χ2n) is 4.83. The number of nitrogens with zero attached hydrogens (tertiary/aromatic N) is 2. The zero-order chi connectivity index (χ0) is 15.9. The third-order valence-electron chi connectivity index (χ3n) is 3.41. The molecule has 0 unspecified atom stereocenters. The largest absolute Gasteiger partial charge is 0.383 e. The van der Waals surface area contributed by atoms with E-state index in [0.29, 0.717) is 24.4 Å². The van der Waals surface area contributed by atoms with E-state index in [4.69, 9.17) is 4.74 Å². The van der Waals surface area contributed by atoms with Crippen LogP contribution in [-0.4, -0.2) is 30.7 Å². The zero-order valence-electron chi connectivity index (χ0n) is 12.8. The third-order valence-corrected chi connectivity index (χ3v) is 3.41. The molecule has 0 saturated carbocycles. The maximum atomic E-state index is 12.4. The molecule has 0 aliphatic carbocycles. The Bertz CT molecular complexity index is 698. The van der Waals surface area contributed by atoms with Gasteiger partial charge in [0.25, 0.3) is 5.91 Å². The number of aryl methyl sites for hydroxylation is 1. The van der Waals surface area contributed by atoms with Crippen molar-refractivity contribution >= 4 is 5.91 Å².